The predicted octanol–water partition coefficient (Wildman–Crippen LogP) is 2.33. The molecule has 0 radical (unpaired) electrons. The fourth-order valence-corrected chi connectivity index (χ4v) is 3.92. The summed E-state index contributed by atoms with van der Waals surface area (Å²) in [6.07, 6.45) is 0. The molecule has 0 atom stereocenters. The zero-order valence-electron chi connectivity index (χ0n) is 14.5. The van der Waals surface area contributed by atoms with E-state index in [1.807, 2.05) is 32.9 Å². The molecule has 6 nitrogen and oxygen atoms in total. The fourth-order valence-electron chi connectivity index (χ4n) is 3.05. The second-order valence-corrected chi connectivity index (χ2v) is 7.11. The maximum Gasteiger partial charge on any atom is 0.331 e. The van der Waals surface area contributed by atoms with Crippen LogP contribution in [0.2, 0.25) is 0 Å². The molecule has 1 aromatic carbocycles. The van der Waals surface area contributed by atoms with Gasteiger partial charge in [0.25, 0.3) is 5.56 Å². The van der Waals surface area contributed by atoms with Gasteiger partial charge in [0.05, 0.1) is 5.52 Å². The number of amides is 1. The second-order valence-electron chi connectivity index (χ2n) is 6.19. The quantitative estimate of drug-likeness (QED) is 0.782. The number of anilines is 1. The lowest BCUT2D eigenvalue weighted by molar-refractivity contribution is -0.116. The van der Waals surface area contributed by atoms with E-state index in [9.17, 15) is 14.4 Å². The van der Waals surface area contributed by atoms with Crippen LogP contribution >= 0.6 is 11.3 Å². The summed E-state index contributed by atoms with van der Waals surface area (Å²) in [5.74, 6) is -0.302. The molecule has 2 heterocycles. The lowest BCUT2D eigenvalue weighted by Crippen LogP contribution is -2.39. The molecule has 2 aromatic heterocycles. The van der Waals surface area contributed by atoms with Gasteiger partial charge in [-0.25, -0.2) is 4.79 Å². The van der Waals surface area contributed by atoms with Crippen molar-refractivity contribution in [2.45, 2.75) is 27.3 Å². The molecule has 0 unspecified atom stereocenters. The van der Waals surface area contributed by atoms with Crippen LogP contribution in [-0.4, -0.2) is 15.0 Å². The van der Waals surface area contributed by atoms with Crippen molar-refractivity contribution in [2.24, 2.45) is 7.05 Å². The minimum absolute atomic E-state index is 0.146. The van der Waals surface area contributed by atoms with Crippen molar-refractivity contribution >= 4 is 33.1 Å². The molecule has 0 aliphatic heterocycles. The number of nitrogens with one attached hydrogen (secondary N) is 1. The molecule has 3 aromatic rings. The molecule has 1 N–H and O–H groups in total. The Bertz CT molecular complexity index is 1080. The molecule has 0 saturated carbocycles. The number of nitrogens with zero attached hydrogens (tertiary/aromatic N) is 2. The predicted molar refractivity (Wildman–Crippen MR) is 101 cm³/mol. The third kappa shape index (κ3) is 3.02. The Labute approximate surface area is 148 Å². The van der Waals surface area contributed by atoms with Gasteiger partial charge in [-0.3, -0.25) is 18.7 Å². The highest BCUT2D eigenvalue weighted by Gasteiger charge is 2.15. The normalized spacial score (nSPS) is 11.0. The summed E-state index contributed by atoms with van der Waals surface area (Å²) in [4.78, 5) is 37.1. The standard InChI is InChI=1S/C18H19N3O3S/c1-10-7-11(2)15(12(3)8-10)19-14(22)9-21-13-5-6-25-16(13)17(23)20(4)18(21)24/h5-8H,9H2,1-4H3,(H,19,22). The number of benzene rings is 1. The maximum atomic E-state index is 12.5. The highest BCUT2D eigenvalue weighted by atomic mass is 32.1. The number of carbonyl (C=O) groups excluding carboxylic acids is 1. The summed E-state index contributed by atoms with van der Waals surface area (Å²) in [5.41, 5.74) is 3.49. The molecular weight excluding hydrogens is 338 g/mol. The van der Waals surface area contributed by atoms with E-state index in [4.69, 9.17) is 0 Å². The number of aromatic nitrogens is 2. The molecule has 3 rings (SSSR count). The number of hydrogen-bond acceptors (Lipinski definition) is 4. The van der Waals surface area contributed by atoms with Gasteiger partial charge in [0, 0.05) is 12.7 Å². The van der Waals surface area contributed by atoms with E-state index >= 15 is 0 Å². The minimum atomic E-state index is -0.497. The Morgan fingerprint density at radius 3 is 2.44 bits per heavy atom. The van der Waals surface area contributed by atoms with Gasteiger partial charge in [-0.15, -0.1) is 11.3 Å². The summed E-state index contributed by atoms with van der Waals surface area (Å²) in [7, 11) is 1.42. The van der Waals surface area contributed by atoms with E-state index in [2.05, 4.69) is 5.32 Å². The first-order chi connectivity index (χ1) is 11.8. The zero-order valence-corrected chi connectivity index (χ0v) is 15.4. The first-order valence-corrected chi connectivity index (χ1v) is 8.72. The average molecular weight is 357 g/mol. The maximum absolute atomic E-state index is 12.5. The van der Waals surface area contributed by atoms with Crippen LogP contribution in [0, 0.1) is 20.8 Å². The van der Waals surface area contributed by atoms with Crippen LogP contribution in [0.4, 0.5) is 5.69 Å². The molecule has 7 heteroatoms. The number of fused-ring (bicyclic) bond motifs is 1. The van der Waals surface area contributed by atoms with E-state index in [1.54, 1.807) is 11.4 Å². The summed E-state index contributed by atoms with van der Waals surface area (Å²) in [6, 6.07) is 5.69. The first kappa shape index (κ1) is 17.2. The van der Waals surface area contributed by atoms with Gasteiger partial charge in [-0.1, -0.05) is 17.7 Å². The Balaban J connectivity index is 1.98. The molecule has 0 aliphatic carbocycles. The highest BCUT2D eigenvalue weighted by molar-refractivity contribution is 7.17. The van der Waals surface area contributed by atoms with Gasteiger partial charge in [0.15, 0.2) is 0 Å². The molecule has 1 amide bonds. The second kappa shape index (κ2) is 6.33. The molecule has 25 heavy (non-hydrogen) atoms. The minimum Gasteiger partial charge on any atom is -0.324 e. The van der Waals surface area contributed by atoms with Crippen LogP contribution in [0.25, 0.3) is 10.2 Å². The summed E-state index contributed by atoms with van der Waals surface area (Å²) >= 11 is 1.26. The molecular formula is C18H19N3O3S. The van der Waals surface area contributed by atoms with E-state index in [0.717, 1.165) is 26.9 Å². The van der Waals surface area contributed by atoms with E-state index in [-0.39, 0.29) is 18.0 Å². The number of carbonyl (C=O) groups is 1. The zero-order chi connectivity index (χ0) is 18.3. The molecule has 0 bridgehead atoms. The van der Waals surface area contributed by atoms with Crippen molar-refractivity contribution in [3.8, 4) is 0 Å². The lowest BCUT2D eigenvalue weighted by atomic mass is 10.1. The van der Waals surface area contributed by atoms with Gasteiger partial charge in [0.2, 0.25) is 5.91 Å². The van der Waals surface area contributed by atoms with Crippen LogP contribution in [0.1, 0.15) is 16.7 Å². The van der Waals surface area contributed by atoms with Gasteiger partial charge < -0.3 is 5.32 Å². The van der Waals surface area contributed by atoms with Crippen LogP contribution < -0.4 is 16.6 Å². The molecule has 0 saturated heterocycles. The summed E-state index contributed by atoms with van der Waals surface area (Å²) in [6.45, 7) is 5.73. The largest absolute Gasteiger partial charge is 0.331 e. The van der Waals surface area contributed by atoms with Crippen molar-refractivity contribution in [2.75, 3.05) is 5.32 Å². The molecule has 0 aliphatic rings. The monoisotopic (exact) mass is 357 g/mol. The smallest absolute Gasteiger partial charge is 0.324 e. The first-order valence-electron chi connectivity index (χ1n) is 7.84. The third-order valence-electron chi connectivity index (χ3n) is 4.20. The van der Waals surface area contributed by atoms with Crippen molar-refractivity contribution in [3.05, 3.63) is 61.1 Å². The van der Waals surface area contributed by atoms with Gasteiger partial charge >= 0.3 is 5.69 Å². The van der Waals surface area contributed by atoms with E-state index in [1.165, 1.54) is 23.0 Å². The number of hydrogen-bond donors (Lipinski definition) is 1. The van der Waals surface area contributed by atoms with Crippen LogP contribution in [0.15, 0.2) is 33.2 Å². The summed E-state index contributed by atoms with van der Waals surface area (Å²) < 4.78 is 2.84. The average Bonchev–Trinajstić information content (AvgIpc) is 3.02. The van der Waals surface area contributed by atoms with Crippen LogP contribution in [0.3, 0.4) is 0 Å². The molecule has 0 fully saturated rings. The Hall–Kier alpha value is -2.67. The van der Waals surface area contributed by atoms with Crippen molar-refractivity contribution in [3.63, 3.8) is 0 Å². The number of aryl methyl sites for hydroxylation is 3. The number of thiophene rings is 1. The van der Waals surface area contributed by atoms with Gasteiger partial charge in [0.1, 0.15) is 11.2 Å². The van der Waals surface area contributed by atoms with E-state index in [0.29, 0.717) is 10.2 Å². The van der Waals surface area contributed by atoms with Crippen molar-refractivity contribution in [1.29, 1.82) is 0 Å². The van der Waals surface area contributed by atoms with Crippen LogP contribution in [0.5, 0.6) is 0 Å². The van der Waals surface area contributed by atoms with Gasteiger partial charge in [-0.2, -0.15) is 0 Å². The topological polar surface area (TPSA) is 73.1 Å². The Kier molecular flexibility index (Phi) is 4.34. The molecule has 130 valence electrons. The van der Waals surface area contributed by atoms with Crippen molar-refractivity contribution in [1.82, 2.24) is 9.13 Å². The van der Waals surface area contributed by atoms with Crippen molar-refractivity contribution < 1.29 is 4.79 Å². The van der Waals surface area contributed by atoms with Crippen LogP contribution in [-0.2, 0) is 18.4 Å². The Morgan fingerprint density at radius 2 is 1.80 bits per heavy atom. The lowest BCUT2D eigenvalue weighted by Gasteiger charge is -2.14. The summed E-state index contributed by atoms with van der Waals surface area (Å²) in [5, 5.41) is 4.63. The third-order valence-corrected chi connectivity index (χ3v) is 5.09. The highest BCUT2D eigenvalue weighted by Crippen LogP contribution is 2.22. The van der Waals surface area contributed by atoms with Gasteiger partial charge in [-0.05, 0) is 43.3 Å². The van der Waals surface area contributed by atoms with E-state index < -0.39 is 5.69 Å². The molecule has 0 spiro atoms. The Morgan fingerprint density at radius 1 is 1.16 bits per heavy atom. The number of rotatable bonds is 3. The SMILES string of the molecule is Cc1cc(C)c(NC(=O)Cn2c(=O)n(C)c(=O)c3sccc32)c(C)c1. The fraction of sp³-hybridized carbons (Fsp3) is 0.278.